The first-order valence-electron chi connectivity index (χ1n) is 20.1. The van der Waals surface area contributed by atoms with E-state index in [4.69, 9.17) is 9.97 Å². The van der Waals surface area contributed by atoms with Crippen LogP contribution in [0.2, 0.25) is 0 Å². The van der Waals surface area contributed by atoms with E-state index in [2.05, 4.69) is 205 Å². The number of pyridine rings is 2. The molecule has 12 rings (SSSR count). The Balaban J connectivity index is 0.00000408. The second-order valence-electron chi connectivity index (χ2n) is 16.0. The number of anilines is 3. The second-order valence-corrected chi connectivity index (χ2v) is 20.8. The van der Waals surface area contributed by atoms with Crippen molar-refractivity contribution in [2.24, 2.45) is 0 Å². The molecule has 0 N–H and O–H groups in total. The number of benzene rings is 7. The zero-order valence-electron chi connectivity index (χ0n) is 32.8. The summed E-state index contributed by atoms with van der Waals surface area (Å²) in [6.07, 6.45) is 5.89. The Bertz CT molecular complexity index is 3410. The average molecular weight is 984 g/mol. The smallest absolute Gasteiger partial charge is 0.340 e. The summed E-state index contributed by atoms with van der Waals surface area (Å²) in [6.45, 7) is 4.67. The minimum absolute atomic E-state index is 0. The van der Waals surface area contributed by atoms with Gasteiger partial charge >= 0.3 is 21.1 Å². The molecule has 7 heteroatoms. The molecule has 1 aliphatic heterocycles. The van der Waals surface area contributed by atoms with Crippen molar-refractivity contribution >= 4 is 105 Å². The number of rotatable bonds is 5. The maximum absolute atomic E-state index is 5.20. The van der Waals surface area contributed by atoms with Crippen molar-refractivity contribution in [2.75, 3.05) is 4.90 Å². The molecule has 0 unspecified atom stereocenters. The number of aromatic nitrogens is 3. The zero-order chi connectivity index (χ0) is 39.3. The van der Waals surface area contributed by atoms with Crippen molar-refractivity contribution in [1.29, 1.82) is 0 Å². The molecule has 0 amide bonds. The molecule has 0 radical (unpaired) electrons. The number of hydrogen-bond donors (Lipinski definition) is 0. The van der Waals surface area contributed by atoms with Crippen LogP contribution in [0, 0.1) is 12.1 Å². The molecule has 288 valence electrons. The van der Waals surface area contributed by atoms with Gasteiger partial charge in [-0.05, 0) is 45.6 Å². The van der Waals surface area contributed by atoms with E-state index in [0.717, 1.165) is 43.8 Å². The van der Waals surface area contributed by atoms with Gasteiger partial charge in [-0.3, -0.25) is 4.98 Å². The fraction of sp³-hybridized carbons (Fsp3) is 0.0566. The number of fused-ring (bicyclic) bond motifs is 12. The first-order valence-corrected chi connectivity index (χ1v) is 22.9. The maximum atomic E-state index is 5.20. The van der Waals surface area contributed by atoms with Crippen LogP contribution >= 0.6 is 11.3 Å². The SMILES string of the molecule is CC1(C)c2cccnc2N(c2[c-]c([Si](c3[c-]c4c(cc3)c3ccccc3n3ccnc43)(c3ccccc3)c3ccccc3)ccc2)c2c1ccc1sc3ccccc3c21.[Pt+2]. The molecule has 4 nitrogen and oxygen atoms in total. The standard InChI is InChI=1S/C53H36N4SSi.Pt/c1-53(2)44-28-29-48-49(42-22-10-12-25-47(42)58-48)50(44)57(52-45(53)23-14-30-54-52)35-15-13-20-38(33-35)59(36-16-5-3-6-17-36,37-18-7-4-8-19-37)39-26-27-40-41-21-9-11-24-46(41)56-32-31-55-51(56)43(40)34-39;/h3-32H,1-2H3;/q-2;+2. The third-order valence-electron chi connectivity index (χ3n) is 12.6. The first kappa shape index (κ1) is 36.9. The molecular formula is C53H36N4PtSSi. The summed E-state index contributed by atoms with van der Waals surface area (Å²) >= 11 is 1.85. The van der Waals surface area contributed by atoms with Crippen molar-refractivity contribution in [3.05, 3.63) is 206 Å². The van der Waals surface area contributed by atoms with Gasteiger partial charge in [0.25, 0.3) is 0 Å². The molecule has 7 aromatic carbocycles. The van der Waals surface area contributed by atoms with Crippen LogP contribution in [0.1, 0.15) is 25.0 Å². The van der Waals surface area contributed by atoms with Crippen molar-refractivity contribution in [1.82, 2.24) is 14.4 Å². The fourth-order valence-electron chi connectivity index (χ4n) is 9.91. The molecule has 0 saturated heterocycles. The van der Waals surface area contributed by atoms with Gasteiger partial charge in [-0.1, -0.05) is 134 Å². The van der Waals surface area contributed by atoms with E-state index >= 15 is 0 Å². The van der Waals surface area contributed by atoms with Gasteiger partial charge in [0.2, 0.25) is 0 Å². The van der Waals surface area contributed by atoms with Crippen LogP contribution in [0.25, 0.3) is 47.5 Å². The Morgan fingerprint density at radius 3 is 2.08 bits per heavy atom. The third kappa shape index (κ3) is 5.18. The van der Waals surface area contributed by atoms with Gasteiger partial charge in [0.1, 0.15) is 13.9 Å². The van der Waals surface area contributed by atoms with Gasteiger partial charge in [0.15, 0.2) is 0 Å². The molecule has 11 aromatic rings. The summed E-state index contributed by atoms with van der Waals surface area (Å²) < 4.78 is 4.75. The molecule has 0 fully saturated rings. The summed E-state index contributed by atoms with van der Waals surface area (Å²) in [4.78, 5) is 12.5. The molecular weight excluding hydrogens is 948 g/mol. The number of thiophene rings is 1. The summed E-state index contributed by atoms with van der Waals surface area (Å²) in [5.41, 5.74) is 6.38. The Hall–Kier alpha value is -6.17. The van der Waals surface area contributed by atoms with Gasteiger partial charge in [-0.2, -0.15) is 23.4 Å². The normalized spacial score (nSPS) is 13.5. The summed E-state index contributed by atoms with van der Waals surface area (Å²) in [6, 6.07) is 68.2. The van der Waals surface area contributed by atoms with E-state index in [1.165, 1.54) is 52.7 Å². The topological polar surface area (TPSA) is 33.4 Å². The minimum atomic E-state index is -3.14. The Morgan fingerprint density at radius 2 is 1.28 bits per heavy atom. The Labute approximate surface area is 367 Å². The molecule has 0 spiro atoms. The van der Waals surface area contributed by atoms with Crippen LogP contribution in [-0.4, -0.2) is 22.4 Å². The van der Waals surface area contributed by atoms with Gasteiger partial charge in [0.05, 0.1) is 11.3 Å². The molecule has 0 bridgehead atoms. The minimum Gasteiger partial charge on any atom is -0.340 e. The van der Waals surface area contributed by atoms with Crippen LogP contribution in [0.15, 0.2) is 182 Å². The Kier molecular flexibility index (Phi) is 8.58. The number of nitrogens with zero attached hydrogens (tertiary/aromatic N) is 4. The van der Waals surface area contributed by atoms with Gasteiger partial charge < -0.3 is 9.30 Å². The van der Waals surface area contributed by atoms with E-state index in [-0.39, 0.29) is 26.5 Å². The van der Waals surface area contributed by atoms with Crippen LogP contribution < -0.4 is 25.6 Å². The number of para-hydroxylation sites is 1. The zero-order valence-corrected chi connectivity index (χ0v) is 36.9. The van der Waals surface area contributed by atoms with Crippen LogP contribution in [0.3, 0.4) is 0 Å². The van der Waals surface area contributed by atoms with Gasteiger partial charge in [0, 0.05) is 55.3 Å². The molecule has 60 heavy (non-hydrogen) atoms. The van der Waals surface area contributed by atoms with Crippen molar-refractivity contribution < 1.29 is 21.1 Å². The summed E-state index contributed by atoms with van der Waals surface area (Å²) in [5, 5.41) is 10.7. The van der Waals surface area contributed by atoms with Crippen molar-refractivity contribution in [3.63, 3.8) is 0 Å². The monoisotopic (exact) mass is 983 g/mol. The van der Waals surface area contributed by atoms with E-state index in [0.29, 0.717) is 0 Å². The molecule has 4 aromatic heterocycles. The fourth-order valence-corrected chi connectivity index (χ4v) is 15.6. The largest absolute Gasteiger partial charge is 2.00 e. The van der Waals surface area contributed by atoms with E-state index in [9.17, 15) is 0 Å². The van der Waals surface area contributed by atoms with Crippen LogP contribution in [0.5, 0.6) is 0 Å². The summed E-state index contributed by atoms with van der Waals surface area (Å²) in [7, 11) is -3.14. The molecule has 0 aliphatic carbocycles. The predicted octanol–water partition coefficient (Wildman–Crippen LogP) is 10.5. The van der Waals surface area contributed by atoms with E-state index in [1.807, 2.05) is 23.7 Å². The predicted molar refractivity (Wildman–Crippen MR) is 249 cm³/mol. The average Bonchev–Trinajstić information content (AvgIpc) is 3.94. The van der Waals surface area contributed by atoms with Crippen LogP contribution in [-0.2, 0) is 26.5 Å². The van der Waals surface area contributed by atoms with Gasteiger partial charge in [-0.15, -0.1) is 46.2 Å². The van der Waals surface area contributed by atoms with Crippen molar-refractivity contribution in [2.45, 2.75) is 19.3 Å². The molecule has 0 saturated carbocycles. The molecule has 0 atom stereocenters. The van der Waals surface area contributed by atoms with Crippen LogP contribution in [0.4, 0.5) is 17.2 Å². The number of hydrogen-bond acceptors (Lipinski definition) is 4. The van der Waals surface area contributed by atoms with E-state index in [1.54, 1.807) is 0 Å². The van der Waals surface area contributed by atoms with Gasteiger partial charge in [-0.25, -0.2) is 4.98 Å². The Morgan fingerprint density at radius 1 is 0.567 bits per heavy atom. The van der Waals surface area contributed by atoms with E-state index < -0.39 is 8.07 Å². The second kappa shape index (κ2) is 14.0. The summed E-state index contributed by atoms with van der Waals surface area (Å²) in [5.74, 6) is 0.943. The molecule has 1 aliphatic rings. The quantitative estimate of drug-likeness (QED) is 0.0746. The third-order valence-corrected chi connectivity index (χ3v) is 18.3. The maximum Gasteiger partial charge on any atom is 2.00 e. The number of imidazole rings is 1. The van der Waals surface area contributed by atoms with Crippen molar-refractivity contribution in [3.8, 4) is 0 Å². The first-order chi connectivity index (χ1) is 29.0. The molecule has 5 heterocycles.